The van der Waals surface area contributed by atoms with Crippen LogP contribution < -0.4 is 0 Å². The summed E-state index contributed by atoms with van der Waals surface area (Å²) in [6, 6.07) is 67.8. The summed E-state index contributed by atoms with van der Waals surface area (Å²) in [5, 5.41) is 7.92. The minimum atomic E-state index is 0.146. The van der Waals surface area contributed by atoms with E-state index in [1.807, 2.05) is 18.2 Å². The highest BCUT2D eigenvalue weighted by Gasteiger charge is 2.26. The van der Waals surface area contributed by atoms with Crippen molar-refractivity contribution in [2.45, 2.75) is 12.3 Å². The fourth-order valence-electron chi connectivity index (χ4n) is 9.83. The molecule has 5 heteroatoms. The lowest BCUT2D eigenvalue weighted by Crippen LogP contribution is -2.04. The molecule has 0 aliphatic heterocycles. The largest absolute Gasteiger partial charge is 0.460 e. The predicted octanol–water partition coefficient (Wildman–Crippen LogP) is 15.5. The van der Waals surface area contributed by atoms with E-state index in [0.29, 0.717) is 17.5 Å². The monoisotopic (exact) mass is 819 g/mol. The second-order valence-corrected chi connectivity index (χ2v) is 16.6. The first kappa shape index (κ1) is 36.3. The van der Waals surface area contributed by atoms with Crippen LogP contribution in [0, 0.1) is 0 Å². The number of para-hydroxylation sites is 1. The molecule has 0 saturated carbocycles. The van der Waals surface area contributed by atoms with Gasteiger partial charge in [0.2, 0.25) is 0 Å². The first-order chi connectivity index (χ1) is 31.7. The van der Waals surface area contributed by atoms with Crippen molar-refractivity contribution in [2.75, 3.05) is 0 Å². The molecule has 0 radical (unpaired) electrons. The second kappa shape index (κ2) is 14.6. The molecule has 1 atom stereocenters. The van der Waals surface area contributed by atoms with Gasteiger partial charge in [-0.15, -0.1) is 0 Å². The summed E-state index contributed by atoms with van der Waals surface area (Å²) >= 11 is 0. The lowest BCUT2D eigenvalue weighted by molar-refractivity contribution is 0.533. The molecule has 0 N–H and O–H groups in total. The van der Waals surface area contributed by atoms with E-state index < -0.39 is 0 Å². The minimum absolute atomic E-state index is 0.146. The molecule has 0 amide bonds. The van der Waals surface area contributed by atoms with Gasteiger partial charge in [-0.2, -0.15) is 0 Å². The SMILES string of the molecule is C1=C[C@H](c2cccc3oc4ccccc4c23)Cc2oc3cccc(-c4ccc(-c5nc(-c6ccc(-c7ccccc7)cc6)nc(-c6ccc7ccccc7c6)n5)c5ccccc45)c3c21. The van der Waals surface area contributed by atoms with E-state index in [1.165, 1.54) is 16.3 Å². The van der Waals surface area contributed by atoms with Crippen LogP contribution in [0.3, 0.4) is 0 Å². The van der Waals surface area contributed by atoms with Gasteiger partial charge in [0.1, 0.15) is 22.5 Å². The van der Waals surface area contributed by atoms with E-state index in [-0.39, 0.29) is 5.92 Å². The van der Waals surface area contributed by atoms with Crippen molar-refractivity contribution in [3.05, 3.63) is 217 Å². The first-order valence-electron chi connectivity index (χ1n) is 21.8. The number of allylic oxidation sites excluding steroid dienone is 1. The van der Waals surface area contributed by atoms with Gasteiger partial charge in [-0.25, -0.2) is 15.0 Å². The molecule has 64 heavy (non-hydrogen) atoms. The number of fused-ring (bicyclic) bond motifs is 8. The van der Waals surface area contributed by atoms with E-state index >= 15 is 0 Å². The molecule has 9 aromatic carbocycles. The summed E-state index contributed by atoms with van der Waals surface area (Å²) in [5.74, 6) is 3.02. The third-order valence-corrected chi connectivity index (χ3v) is 12.9. The van der Waals surface area contributed by atoms with Crippen LogP contribution in [0.1, 0.15) is 22.8 Å². The molecule has 12 aromatic rings. The molecular formula is C59H37N3O2. The molecule has 0 unspecified atom stereocenters. The van der Waals surface area contributed by atoms with Gasteiger partial charge in [0, 0.05) is 50.8 Å². The maximum Gasteiger partial charge on any atom is 0.164 e. The topological polar surface area (TPSA) is 65.0 Å². The van der Waals surface area contributed by atoms with Crippen molar-refractivity contribution in [2.24, 2.45) is 0 Å². The number of hydrogen-bond donors (Lipinski definition) is 0. The van der Waals surface area contributed by atoms with Gasteiger partial charge in [-0.05, 0) is 79.7 Å². The molecule has 1 aliphatic carbocycles. The normalized spacial score (nSPS) is 13.7. The molecular weight excluding hydrogens is 783 g/mol. The molecule has 13 rings (SSSR count). The van der Waals surface area contributed by atoms with Crippen LogP contribution in [0.4, 0.5) is 0 Å². The van der Waals surface area contributed by atoms with Crippen LogP contribution in [0.25, 0.3) is 117 Å². The smallest absolute Gasteiger partial charge is 0.164 e. The third-order valence-electron chi connectivity index (χ3n) is 12.9. The summed E-state index contributed by atoms with van der Waals surface area (Å²) in [7, 11) is 0. The summed E-state index contributed by atoms with van der Waals surface area (Å²) in [4.78, 5) is 15.6. The Bertz CT molecular complexity index is 3820. The van der Waals surface area contributed by atoms with Gasteiger partial charge in [0.25, 0.3) is 0 Å². The van der Waals surface area contributed by atoms with Gasteiger partial charge in [0.05, 0.1) is 0 Å². The van der Waals surface area contributed by atoms with Crippen LogP contribution in [0.15, 0.2) is 209 Å². The molecule has 0 spiro atoms. The molecule has 0 fully saturated rings. The predicted molar refractivity (Wildman–Crippen MR) is 261 cm³/mol. The molecule has 1 aliphatic rings. The first-order valence-corrected chi connectivity index (χ1v) is 21.8. The lowest BCUT2D eigenvalue weighted by atomic mass is 9.85. The Morgan fingerprint density at radius 1 is 0.391 bits per heavy atom. The maximum atomic E-state index is 6.76. The summed E-state index contributed by atoms with van der Waals surface area (Å²) in [6.45, 7) is 0. The van der Waals surface area contributed by atoms with Crippen LogP contribution in [0.2, 0.25) is 0 Å². The number of nitrogens with zero attached hydrogens (tertiary/aromatic N) is 3. The molecule has 0 bridgehead atoms. The molecule has 3 heterocycles. The van der Waals surface area contributed by atoms with Crippen LogP contribution >= 0.6 is 0 Å². The molecule has 3 aromatic heterocycles. The van der Waals surface area contributed by atoms with E-state index in [4.69, 9.17) is 23.8 Å². The Morgan fingerprint density at radius 2 is 1.00 bits per heavy atom. The standard InChI is InChI=1S/C59H37N3O2/c1-2-12-36(13-3-1)38-24-27-39(28-25-38)57-60-58(42-29-26-37-14-4-5-15-40(37)34-42)62-59(61-57)48-33-32-46(44-16-6-7-17-45(44)48)47-20-11-23-53-56(47)50-31-30-41(35-54(50)64-53)43-19-10-22-52-55(43)49-18-8-9-21-51(49)63-52/h1-34,41H,35H2/t41-/m0/s1. The number of benzene rings is 9. The fraction of sp³-hybridized carbons (Fsp3) is 0.0339. The summed E-state index contributed by atoms with van der Waals surface area (Å²) < 4.78 is 13.0. The highest BCUT2D eigenvalue weighted by atomic mass is 16.3. The molecule has 300 valence electrons. The van der Waals surface area contributed by atoms with Crippen molar-refractivity contribution in [1.29, 1.82) is 0 Å². The highest BCUT2D eigenvalue weighted by Crippen LogP contribution is 2.45. The van der Waals surface area contributed by atoms with Crippen LogP contribution in [0.5, 0.6) is 0 Å². The number of aromatic nitrogens is 3. The van der Waals surface area contributed by atoms with Crippen LogP contribution in [-0.2, 0) is 6.42 Å². The van der Waals surface area contributed by atoms with Crippen molar-refractivity contribution in [3.63, 3.8) is 0 Å². The number of hydrogen-bond acceptors (Lipinski definition) is 5. The van der Waals surface area contributed by atoms with Crippen molar-refractivity contribution in [3.8, 4) is 56.4 Å². The van der Waals surface area contributed by atoms with E-state index in [9.17, 15) is 0 Å². The van der Waals surface area contributed by atoms with Gasteiger partial charge >= 0.3 is 0 Å². The Morgan fingerprint density at radius 3 is 1.84 bits per heavy atom. The van der Waals surface area contributed by atoms with Gasteiger partial charge in [0.15, 0.2) is 17.5 Å². The summed E-state index contributed by atoms with van der Waals surface area (Å²) in [6.07, 6.45) is 5.37. The number of rotatable bonds is 6. The Balaban J connectivity index is 0.930. The van der Waals surface area contributed by atoms with Crippen molar-refractivity contribution in [1.82, 2.24) is 15.0 Å². The number of furan rings is 2. The Kier molecular flexibility index (Phi) is 8.28. The van der Waals surface area contributed by atoms with E-state index in [2.05, 4.69) is 188 Å². The average Bonchev–Trinajstić information content (AvgIpc) is 3.94. The second-order valence-electron chi connectivity index (χ2n) is 16.6. The van der Waals surface area contributed by atoms with E-state index in [1.54, 1.807) is 0 Å². The fourth-order valence-corrected chi connectivity index (χ4v) is 9.83. The zero-order valence-corrected chi connectivity index (χ0v) is 34.6. The maximum absolute atomic E-state index is 6.76. The highest BCUT2D eigenvalue weighted by molar-refractivity contribution is 6.11. The van der Waals surface area contributed by atoms with Gasteiger partial charge < -0.3 is 8.83 Å². The molecule has 5 nitrogen and oxygen atoms in total. The Hall–Kier alpha value is -8.41. The molecule has 0 saturated heterocycles. The average molecular weight is 820 g/mol. The third kappa shape index (κ3) is 5.97. The van der Waals surface area contributed by atoms with E-state index in [0.717, 1.165) is 100 Å². The van der Waals surface area contributed by atoms with Crippen molar-refractivity contribution >= 4 is 60.5 Å². The minimum Gasteiger partial charge on any atom is -0.460 e. The Labute approximate surface area is 368 Å². The zero-order valence-electron chi connectivity index (χ0n) is 34.6. The quantitative estimate of drug-likeness (QED) is 0.167. The van der Waals surface area contributed by atoms with Crippen LogP contribution in [-0.4, -0.2) is 15.0 Å². The summed E-state index contributed by atoms with van der Waals surface area (Å²) in [5.41, 5.74) is 12.5. The van der Waals surface area contributed by atoms with Gasteiger partial charge in [-0.1, -0.05) is 176 Å². The zero-order chi connectivity index (χ0) is 42.1. The van der Waals surface area contributed by atoms with Crippen molar-refractivity contribution < 1.29 is 8.83 Å². The van der Waals surface area contributed by atoms with Gasteiger partial charge in [-0.3, -0.25) is 0 Å². The lowest BCUT2D eigenvalue weighted by Gasteiger charge is -2.18.